The highest BCUT2D eigenvalue weighted by molar-refractivity contribution is 7.57. The lowest BCUT2D eigenvalue weighted by Gasteiger charge is -2.24. The Morgan fingerprint density at radius 2 is 2.14 bits per heavy atom. The van der Waals surface area contributed by atoms with E-state index in [-0.39, 0.29) is 12.4 Å². The molecule has 1 aliphatic heterocycles. The summed E-state index contributed by atoms with van der Waals surface area (Å²) >= 11 is 0. The summed E-state index contributed by atoms with van der Waals surface area (Å²) in [6.07, 6.45) is 0.888. The number of nitrogen functional groups attached to an aromatic ring is 1. The maximum atomic E-state index is 14.8. The summed E-state index contributed by atoms with van der Waals surface area (Å²) in [7, 11) is -3.83. The largest absolute Gasteiger partial charge is 0.465 e. The van der Waals surface area contributed by atoms with Crippen molar-refractivity contribution in [3.63, 3.8) is 0 Å². The third kappa shape index (κ3) is 5.65. The second-order valence-corrected chi connectivity index (χ2v) is 9.57. The molecule has 3 aromatic rings. The molecule has 0 aliphatic carbocycles. The van der Waals surface area contributed by atoms with E-state index in [2.05, 4.69) is 20.0 Å². The first kappa shape index (κ1) is 24.7. The highest BCUT2D eigenvalue weighted by Gasteiger charge is 2.37. The number of anilines is 1. The van der Waals surface area contributed by atoms with Crippen molar-refractivity contribution >= 4 is 30.5 Å². The Hall–Kier alpha value is -3.38. The lowest BCUT2D eigenvalue weighted by atomic mass is 10.3. The number of rotatable bonds is 10. The number of halogens is 1. The normalized spacial score (nSPS) is 20.3. The molecule has 0 bridgehead atoms. The number of carbonyl (C=O) groups excluding carboxylic acids is 1. The van der Waals surface area contributed by atoms with Gasteiger partial charge in [-0.05, 0) is 26.0 Å². The number of imidazole rings is 1. The maximum Gasteiger partial charge on any atom is 0.342 e. The minimum absolute atomic E-state index is 0.161. The van der Waals surface area contributed by atoms with Crippen molar-refractivity contribution in [1.82, 2.24) is 20.0 Å². The standard InChI is InChI=1S/C21H24FN6O6P/c1-3-31-21(29)13(2)27-35(30,34-14-7-5-4-6-8-14)12-32-16-9-15(22)20(33-16)28-11-26-17-18(23)24-10-25-19(17)28/h4-11,13,16,20H,3,12H2,1-2H3,(H3,23,24,25,27,30)/p+1. The number of H-pyrrole nitrogens is 1. The van der Waals surface area contributed by atoms with Gasteiger partial charge in [0.25, 0.3) is 0 Å². The second kappa shape index (κ2) is 10.5. The van der Waals surface area contributed by atoms with Crippen LogP contribution in [0.1, 0.15) is 20.1 Å². The van der Waals surface area contributed by atoms with Crippen molar-refractivity contribution in [3.05, 3.63) is 54.9 Å². The van der Waals surface area contributed by atoms with Crippen LogP contribution in [0.25, 0.3) is 11.2 Å². The van der Waals surface area contributed by atoms with Gasteiger partial charge in [0.1, 0.15) is 11.8 Å². The molecule has 0 fully saturated rings. The average molecular weight is 507 g/mol. The van der Waals surface area contributed by atoms with Crippen LogP contribution in [-0.4, -0.2) is 46.2 Å². The molecule has 14 heteroatoms. The summed E-state index contributed by atoms with van der Waals surface area (Å²) in [5, 5.41) is 2.65. The summed E-state index contributed by atoms with van der Waals surface area (Å²) in [5.74, 6) is -0.763. The van der Waals surface area contributed by atoms with E-state index in [9.17, 15) is 13.8 Å². The number of ether oxygens (including phenoxy) is 3. The number of nitrogens with one attached hydrogen (secondary N) is 2. The van der Waals surface area contributed by atoms with E-state index in [1.165, 1.54) is 24.1 Å². The molecule has 0 saturated heterocycles. The minimum atomic E-state index is -3.83. The van der Waals surface area contributed by atoms with Crippen LogP contribution in [0.3, 0.4) is 0 Å². The zero-order valence-electron chi connectivity index (χ0n) is 19.0. The SMILES string of the molecule is CCOC(=O)C(C)NP(=O)(COC1C=C(F)C([n+]2c[nH]c3c(N)ncnc32)O1)Oc1ccccc1. The number of hydrogen-bond donors (Lipinski definition) is 3. The van der Waals surface area contributed by atoms with Gasteiger partial charge in [0, 0.05) is 6.08 Å². The lowest BCUT2D eigenvalue weighted by molar-refractivity contribution is -0.735. The number of nitrogens with zero attached hydrogens (tertiary/aromatic N) is 3. The fourth-order valence-electron chi connectivity index (χ4n) is 3.36. The topological polar surface area (TPSA) is 155 Å². The molecule has 186 valence electrons. The maximum absolute atomic E-state index is 14.8. The molecular weight excluding hydrogens is 482 g/mol. The van der Waals surface area contributed by atoms with Gasteiger partial charge in [-0.2, -0.15) is 9.55 Å². The van der Waals surface area contributed by atoms with Crippen molar-refractivity contribution in [2.75, 3.05) is 18.7 Å². The van der Waals surface area contributed by atoms with Gasteiger partial charge in [0.05, 0.1) is 6.61 Å². The third-order valence-electron chi connectivity index (χ3n) is 4.93. The first-order valence-corrected chi connectivity index (χ1v) is 12.5. The van der Waals surface area contributed by atoms with E-state index >= 15 is 0 Å². The Labute approximate surface area is 199 Å². The highest BCUT2D eigenvalue weighted by atomic mass is 31.2. The van der Waals surface area contributed by atoms with Gasteiger partial charge in [0.15, 0.2) is 36.9 Å². The van der Waals surface area contributed by atoms with Gasteiger partial charge in [-0.25, -0.2) is 9.48 Å². The first-order valence-electron chi connectivity index (χ1n) is 10.7. The quantitative estimate of drug-likeness (QED) is 0.212. The van der Waals surface area contributed by atoms with Crippen LogP contribution in [0.5, 0.6) is 5.75 Å². The van der Waals surface area contributed by atoms with E-state index in [0.29, 0.717) is 16.9 Å². The Bertz CT molecular complexity index is 1270. The second-order valence-electron chi connectivity index (χ2n) is 7.52. The van der Waals surface area contributed by atoms with Crippen molar-refractivity contribution < 1.29 is 37.1 Å². The van der Waals surface area contributed by atoms with E-state index in [1.54, 1.807) is 37.3 Å². The Balaban J connectivity index is 1.47. The number of carbonyl (C=O) groups is 1. The Morgan fingerprint density at radius 1 is 1.37 bits per heavy atom. The molecule has 0 saturated carbocycles. The van der Waals surface area contributed by atoms with Crippen molar-refractivity contribution in [2.24, 2.45) is 0 Å². The molecule has 4 unspecified atom stereocenters. The molecule has 0 spiro atoms. The van der Waals surface area contributed by atoms with Crippen molar-refractivity contribution in [1.29, 1.82) is 0 Å². The number of para-hydroxylation sites is 1. The van der Waals surface area contributed by atoms with Crippen LogP contribution in [0, 0.1) is 0 Å². The van der Waals surface area contributed by atoms with Crippen LogP contribution in [0.2, 0.25) is 0 Å². The number of esters is 1. The smallest absolute Gasteiger partial charge is 0.342 e. The fraction of sp³-hybridized carbons (Fsp3) is 0.333. The molecule has 0 amide bonds. The summed E-state index contributed by atoms with van der Waals surface area (Å²) in [5.41, 5.74) is 6.57. The zero-order chi connectivity index (χ0) is 25.0. The molecule has 4 N–H and O–H groups in total. The average Bonchev–Trinajstić information content (AvgIpc) is 3.42. The van der Waals surface area contributed by atoms with Crippen molar-refractivity contribution in [2.45, 2.75) is 32.4 Å². The predicted octanol–water partition coefficient (Wildman–Crippen LogP) is 2.32. The van der Waals surface area contributed by atoms with Gasteiger partial charge in [0.2, 0.25) is 11.7 Å². The van der Waals surface area contributed by atoms with Gasteiger partial charge in [-0.15, -0.1) is 0 Å². The summed E-state index contributed by atoms with van der Waals surface area (Å²) in [6.45, 7) is 3.31. The Morgan fingerprint density at radius 3 is 2.89 bits per heavy atom. The minimum Gasteiger partial charge on any atom is -0.465 e. The van der Waals surface area contributed by atoms with Crippen molar-refractivity contribution in [3.8, 4) is 5.75 Å². The molecule has 35 heavy (non-hydrogen) atoms. The molecule has 1 aliphatic rings. The van der Waals surface area contributed by atoms with Crippen LogP contribution >= 0.6 is 7.52 Å². The monoisotopic (exact) mass is 507 g/mol. The Kier molecular flexibility index (Phi) is 7.41. The first-order chi connectivity index (χ1) is 16.8. The molecule has 2 aromatic heterocycles. The summed E-state index contributed by atoms with van der Waals surface area (Å²) in [6, 6.07) is 7.42. The lowest BCUT2D eigenvalue weighted by Crippen LogP contribution is -2.40. The summed E-state index contributed by atoms with van der Waals surface area (Å²) < 4.78 is 51.6. The molecule has 1 aromatic carbocycles. The van der Waals surface area contributed by atoms with Crippen LogP contribution in [0.15, 0.2) is 54.9 Å². The fourth-order valence-corrected chi connectivity index (χ4v) is 5.04. The molecular formula is C21H25FN6O6P+. The van der Waals surface area contributed by atoms with Gasteiger partial charge in [-0.1, -0.05) is 23.2 Å². The molecule has 4 atom stereocenters. The number of hydrogen-bond acceptors (Lipinski definition) is 9. The number of nitrogens with two attached hydrogens (primary N) is 1. The van der Waals surface area contributed by atoms with E-state index < -0.39 is 44.2 Å². The zero-order valence-corrected chi connectivity index (χ0v) is 19.9. The number of benzene rings is 1. The van der Waals surface area contributed by atoms with Crippen LogP contribution in [-0.2, 0) is 23.6 Å². The predicted molar refractivity (Wildman–Crippen MR) is 121 cm³/mol. The van der Waals surface area contributed by atoms with Crippen LogP contribution in [0.4, 0.5) is 10.2 Å². The number of aromatic nitrogens is 4. The molecule has 0 radical (unpaired) electrons. The summed E-state index contributed by atoms with van der Waals surface area (Å²) in [4.78, 5) is 22.9. The van der Waals surface area contributed by atoms with Gasteiger partial charge < -0.3 is 24.5 Å². The van der Waals surface area contributed by atoms with E-state index in [4.69, 9.17) is 24.5 Å². The van der Waals surface area contributed by atoms with Gasteiger partial charge in [-0.3, -0.25) is 14.3 Å². The number of aromatic amines is 1. The van der Waals surface area contributed by atoms with E-state index in [0.717, 1.165) is 6.08 Å². The number of fused-ring (bicyclic) bond motifs is 1. The molecule has 12 nitrogen and oxygen atoms in total. The van der Waals surface area contributed by atoms with Crippen LogP contribution < -0.4 is 19.9 Å². The van der Waals surface area contributed by atoms with Gasteiger partial charge >= 0.3 is 19.1 Å². The third-order valence-corrected chi connectivity index (χ3v) is 6.71. The highest BCUT2D eigenvalue weighted by Crippen LogP contribution is 2.44. The van der Waals surface area contributed by atoms with E-state index in [1.807, 2.05) is 0 Å². The molecule has 4 rings (SSSR count). The molecule has 3 heterocycles.